The Balaban J connectivity index is 1.65. The van der Waals surface area contributed by atoms with Crippen LogP contribution in [0.1, 0.15) is 36.2 Å². The molecule has 1 aliphatic rings. The van der Waals surface area contributed by atoms with Gasteiger partial charge in [-0.15, -0.1) is 5.10 Å². The molecule has 2 aromatic rings. The van der Waals surface area contributed by atoms with E-state index in [4.69, 9.17) is 4.74 Å². The van der Waals surface area contributed by atoms with E-state index in [-0.39, 0.29) is 0 Å². The molecule has 0 spiro atoms. The first-order valence-electron chi connectivity index (χ1n) is 7.11. The molecule has 2 heterocycles. The van der Waals surface area contributed by atoms with Gasteiger partial charge in [0.15, 0.2) is 0 Å². The Morgan fingerprint density at radius 2 is 2.40 bits per heavy atom. The van der Waals surface area contributed by atoms with Crippen LogP contribution in [0, 0.1) is 0 Å². The predicted molar refractivity (Wildman–Crippen MR) is 80.3 cm³/mol. The van der Waals surface area contributed by atoms with E-state index in [2.05, 4.69) is 40.0 Å². The number of aryl methyl sites for hydroxylation is 1. The number of rotatable bonds is 6. The van der Waals surface area contributed by atoms with Crippen molar-refractivity contribution in [2.75, 3.05) is 13.2 Å². The van der Waals surface area contributed by atoms with E-state index >= 15 is 0 Å². The molecule has 0 saturated carbocycles. The largest absolute Gasteiger partial charge is 0.493 e. The van der Waals surface area contributed by atoms with E-state index < -0.39 is 0 Å². The Morgan fingerprint density at radius 3 is 3.20 bits per heavy atom. The molecule has 1 atom stereocenters. The zero-order chi connectivity index (χ0) is 13.8. The zero-order valence-electron chi connectivity index (χ0n) is 11.6. The molecule has 20 heavy (non-hydrogen) atoms. The van der Waals surface area contributed by atoms with Crippen LogP contribution in [0.3, 0.4) is 0 Å². The minimum atomic E-state index is 0.295. The normalized spacial score (nSPS) is 14.8. The topological polar surface area (TPSA) is 47.0 Å². The van der Waals surface area contributed by atoms with Crippen molar-refractivity contribution < 1.29 is 4.74 Å². The van der Waals surface area contributed by atoms with E-state index in [0.29, 0.717) is 6.04 Å². The Kier molecular flexibility index (Phi) is 4.28. The maximum atomic E-state index is 5.55. The predicted octanol–water partition coefficient (Wildman–Crippen LogP) is 2.76. The van der Waals surface area contributed by atoms with Crippen LogP contribution in [0.5, 0.6) is 5.75 Å². The van der Waals surface area contributed by atoms with E-state index in [9.17, 15) is 0 Å². The summed E-state index contributed by atoms with van der Waals surface area (Å²) in [6, 6.07) is 6.85. The third kappa shape index (κ3) is 2.99. The van der Waals surface area contributed by atoms with Gasteiger partial charge in [0.1, 0.15) is 5.75 Å². The van der Waals surface area contributed by atoms with Crippen LogP contribution in [0.15, 0.2) is 23.6 Å². The molecule has 1 aromatic carbocycles. The lowest BCUT2D eigenvalue weighted by molar-refractivity contribution is 0.357. The fourth-order valence-electron chi connectivity index (χ4n) is 2.63. The zero-order valence-corrected chi connectivity index (χ0v) is 12.4. The average molecular weight is 289 g/mol. The Labute approximate surface area is 123 Å². The van der Waals surface area contributed by atoms with Crippen molar-refractivity contribution in [1.29, 1.82) is 0 Å². The summed E-state index contributed by atoms with van der Waals surface area (Å²) in [7, 11) is 0. The lowest BCUT2D eigenvalue weighted by Crippen LogP contribution is -2.21. The van der Waals surface area contributed by atoms with Gasteiger partial charge < -0.3 is 10.1 Å². The first-order valence-corrected chi connectivity index (χ1v) is 7.95. The summed E-state index contributed by atoms with van der Waals surface area (Å²) >= 11 is 1.41. The van der Waals surface area contributed by atoms with Gasteiger partial charge in [0.25, 0.3) is 0 Å². The minimum Gasteiger partial charge on any atom is -0.493 e. The summed E-state index contributed by atoms with van der Waals surface area (Å²) in [6.45, 7) is 3.89. The smallest absolute Gasteiger partial charge is 0.122 e. The van der Waals surface area contributed by atoms with Crippen LogP contribution in [0.25, 0.3) is 0 Å². The number of hydrogen-bond donors (Lipinski definition) is 1. The number of benzene rings is 1. The van der Waals surface area contributed by atoms with Crippen LogP contribution < -0.4 is 10.1 Å². The average Bonchev–Trinajstić information content (AvgIpc) is 3.13. The molecule has 0 fully saturated rings. The summed E-state index contributed by atoms with van der Waals surface area (Å²) in [6.07, 6.45) is 3.12. The van der Waals surface area contributed by atoms with Crippen molar-refractivity contribution in [1.82, 2.24) is 14.9 Å². The number of hydrogen-bond acceptors (Lipinski definition) is 5. The lowest BCUT2D eigenvalue weighted by atomic mass is 10.0. The standard InChI is InChI=1S/C15H19N3OS/c1-2-16-13(14-10-20-18-17-14)5-3-11-4-6-15-12(9-11)7-8-19-15/h4,6,9-10,13,16H,2-3,5,7-8H2,1H3. The summed E-state index contributed by atoms with van der Waals surface area (Å²) < 4.78 is 9.51. The SMILES string of the molecule is CCNC(CCc1ccc2c(c1)CCO2)c1csnn1. The molecular weight excluding hydrogens is 270 g/mol. The van der Waals surface area contributed by atoms with Crippen LogP contribution in [0.2, 0.25) is 0 Å². The molecular formula is C15H19N3OS. The second-order valence-corrected chi connectivity index (χ2v) is 5.63. The Morgan fingerprint density at radius 1 is 1.45 bits per heavy atom. The third-order valence-electron chi connectivity index (χ3n) is 3.66. The molecule has 0 saturated heterocycles. The van der Waals surface area contributed by atoms with E-state index in [1.807, 2.05) is 5.38 Å². The minimum absolute atomic E-state index is 0.295. The van der Waals surface area contributed by atoms with E-state index in [0.717, 1.165) is 43.9 Å². The van der Waals surface area contributed by atoms with Crippen molar-refractivity contribution in [2.45, 2.75) is 32.2 Å². The Bertz CT molecular complexity index is 556. The molecule has 0 amide bonds. The fourth-order valence-corrected chi connectivity index (χ4v) is 3.14. The molecule has 5 heteroatoms. The summed E-state index contributed by atoms with van der Waals surface area (Å²) in [5.74, 6) is 1.06. The molecule has 1 unspecified atom stereocenters. The van der Waals surface area contributed by atoms with Gasteiger partial charge in [-0.3, -0.25) is 0 Å². The van der Waals surface area contributed by atoms with Crippen molar-refractivity contribution in [3.63, 3.8) is 0 Å². The highest BCUT2D eigenvalue weighted by Crippen LogP contribution is 2.27. The second-order valence-electron chi connectivity index (χ2n) is 5.02. The van der Waals surface area contributed by atoms with Gasteiger partial charge in [0.2, 0.25) is 0 Å². The maximum Gasteiger partial charge on any atom is 0.122 e. The fraction of sp³-hybridized carbons (Fsp3) is 0.467. The maximum absolute atomic E-state index is 5.55. The van der Waals surface area contributed by atoms with Gasteiger partial charge in [0, 0.05) is 11.8 Å². The van der Waals surface area contributed by atoms with Crippen molar-refractivity contribution in [3.05, 3.63) is 40.4 Å². The van der Waals surface area contributed by atoms with Crippen LogP contribution in [0.4, 0.5) is 0 Å². The van der Waals surface area contributed by atoms with Crippen molar-refractivity contribution in [3.8, 4) is 5.75 Å². The number of nitrogens with one attached hydrogen (secondary N) is 1. The van der Waals surface area contributed by atoms with Gasteiger partial charge in [-0.25, -0.2) is 0 Å². The van der Waals surface area contributed by atoms with Crippen molar-refractivity contribution >= 4 is 11.5 Å². The second kappa shape index (κ2) is 6.33. The molecule has 0 aliphatic carbocycles. The number of aromatic nitrogens is 2. The lowest BCUT2D eigenvalue weighted by Gasteiger charge is -2.15. The van der Waals surface area contributed by atoms with E-state index in [1.54, 1.807) is 0 Å². The molecule has 106 valence electrons. The van der Waals surface area contributed by atoms with Gasteiger partial charge >= 0.3 is 0 Å². The highest BCUT2D eigenvalue weighted by Gasteiger charge is 2.15. The van der Waals surface area contributed by atoms with Gasteiger partial charge in [-0.2, -0.15) is 0 Å². The summed E-state index contributed by atoms with van der Waals surface area (Å²) in [5, 5.41) is 9.71. The first-order chi connectivity index (χ1) is 9.86. The van der Waals surface area contributed by atoms with Gasteiger partial charge in [0.05, 0.1) is 18.3 Å². The number of fused-ring (bicyclic) bond motifs is 1. The highest BCUT2D eigenvalue weighted by atomic mass is 32.1. The van der Waals surface area contributed by atoms with Crippen LogP contribution >= 0.6 is 11.5 Å². The molecule has 1 aromatic heterocycles. The van der Waals surface area contributed by atoms with Crippen molar-refractivity contribution in [2.24, 2.45) is 0 Å². The van der Waals surface area contributed by atoms with E-state index in [1.165, 1.54) is 22.7 Å². The van der Waals surface area contributed by atoms with Crippen LogP contribution in [-0.2, 0) is 12.8 Å². The van der Waals surface area contributed by atoms with Gasteiger partial charge in [-0.05, 0) is 48.1 Å². The van der Waals surface area contributed by atoms with Crippen LogP contribution in [-0.4, -0.2) is 22.7 Å². The molecule has 3 rings (SSSR count). The Hall–Kier alpha value is -1.46. The first kappa shape index (κ1) is 13.5. The number of ether oxygens (including phenoxy) is 1. The highest BCUT2D eigenvalue weighted by molar-refractivity contribution is 7.03. The summed E-state index contributed by atoms with van der Waals surface area (Å²) in [4.78, 5) is 0. The molecule has 0 radical (unpaired) electrons. The third-order valence-corrected chi connectivity index (χ3v) is 4.18. The molecule has 1 N–H and O–H groups in total. The molecule has 0 bridgehead atoms. The quantitative estimate of drug-likeness (QED) is 0.888. The molecule has 4 nitrogen and oxygen atoms in total. The monoisotopic (exact) mass is 289 g/mol. The molecule has 1 aliphatic heterocycles. The summed E-state index contributed by atoms with van der Waals surface area (Å²) in [5.41, 5.74) is 3.78. The van der Waals surface area contributed by atoms with Gasteiger partial charge in [-0.1, -0.05) is 23.5 Å². The number of nitrogens with zero attached hydrogens (tertiary/aromatic N) is 2.